The van der Waals surface area contributed by atoms with E-state index in [1.165, 1.54) is 22.6 Å². The third-order valence-electron chi connectivity index (χ3n) is 5.17. The van der Waals surface area contributed by atoms with Gasteiger partial charge in [0.25, 0.3) is 0 Å². The predicted octanol–water partition coefficient (Wildman–Crippen LogP) is 3.47. The van der Waals surface area contributed by atoms with Crippen molar-refractivity contribution in [1.82, 2.24) is 24.6 Å². The van der Waals surface area contributed by atoms with Gasteiger partial charge in [-0.1, -0.05) is 30.3 Å². The van der Waals surface area contributed by atoms with Gasteiger partial charge in [-0.3, -0.25) is 9.58 Å². The van der Waals surface area contributed by atoms with Crippen LogP contribution in [0.2, 0.25) is 0 Å². The van der Waals surface area contributed by atoms with Gasteiger partial charge in [-0.05, 0) is 20.8 Å². The van der Waals surface area contributed by atoms with Gasteiger partial charge in [-0.2, -0.15) is 5.10 Å². The van der Waals surface area contributed by atoms with Crippen LogP contribution in [0.4, 0.5) is 0 Å². The Morgan fingerprint density at radius 1 is 1.16 bits per heavy atom. The summed E-state index contributed by atoms with van der Waals surface area (Å²) in [6.07, 6.45) is 0.999. The van der Waals surface area contributed by atoms with Gasteiger partial charge in [-0.15, -0.1) is 0 Å². The number of aryl methyl sites for hydroxylation is 2. The number of hydrogen-bond acceptors (Lipinski definition) is 3. The summed E-state index contributed by atoms with van der Waals surface area (Å²) in [6, 6.07) is 10.4. The van der Waals surface area contributed by atoms with Gasteiger partial charge in [0.15, 0.2) is 0 Å². The molecule has 1 aliphatic rings. The first-order valence-corrected chi connectivity index (χ1v) is 9.04. The molecular formula is C20H25N5. The number of aromatic nitrogens is 4. The van der Waals surface area contributed by atoms with Crippen LogP contribution in [0.15, 0.2) is 30.3 Å². The fraction of sp³-hybridized carbons (Fsp3) is 0.400. The highest BCUT2D eigenvalue weighted by Gasteiger charge is 2.22. The summed E-state index contributed by atoms with van der Waals surface area (Å²) in [6.45, 7) is 10.3. The lowest BCUT2D eigenvalue weighted by Crippen LogP contribution is -2.30. The molecule has 3 heterocycles. The number of nitrogens with zero attached hydrogens (tertiary/aromatic N) is 4. The van der Waals surface area contributed by atoms with E-state index in [0.29, 0.717) is 0 Å². The van der Waals surface area contributed by atoms with Gasteiger partial charge >= 0.3 is 0 Å². The number of nitrogens with one attached hydrogen (secondary N) is 1. The van der Waals surface area contributed by atoms with Crippen molar-refractivity contribution in [2.24, 2.45) is 0 Å². The molecule has 5 nitrogen and oxygen atoms in total. The summed E-state index contributed by atoms with van der Waals surface area (Å²) >= 11 is 0. The molecule has 1 N–H and O–H groups in total. The van der Waals surface area contributed by atoms with E-state index >= 15 is 0 Å². The monoisotopic (exact) mass is 335 g/mol. The topological polar surface area (TPSA) is 49.7 Å². The van der Waals surface area contributed by atoms with E-state index in [4.69, 9.17) is 4.98 Å². The number of aromatic amines is 1. The van der Waals surface area contributed by atoms with Crippen LogP contribution < -0.4 is 0 Å². The number of benzene rings is 1. The maximum atomic E-state index is 4.82. The average Bonchev–Trinajstić information content (AvgIpc) is 3.18. The molecule has 0 radical (unpaired) electrons. The number of fused-ring (bicyclic) bond motifs is 1. The van der Waals surface area contributed by atoms with Crippen molar-refractivity contribution in [2.45, 2.75) is 46.8 Å². The molecule has 25 heavy (non-hydrogen) atoms. The summed E-state index contributed by atoms with van der Waals surface area (Å²) in [5.41, 5.74) is 7.43. The maximum absolute atomic E-state index is 4.82. The Kier molecular flexibility index (Phi) is 4.17. The highest BCUT2D eigenvalue weighted by Crippen LogP contribution is 2.24. The molecule has 0 atom stereocenters. The second kappa shape index (κ2) is 6.48. The van der Waals surface area contributed by atoms with Gasteiger partial charge < -0.3 is 4.98 Å². The Morgan fingerprint density at radius 3 is 2.68 bits per heavy atom. The lowest BCUT2D eigenvalue weighted by molar-refractivity contribution is 0.240. The van der Waals surface area contributed by atoms with Crippen LogP contribution in [0.5, 0.6) is 0 Å². The van der Waals surface area contributed by atoms with E-state index in [0.717, 1.165) is 49.7 Å². The highest BCUT2D eigenvalue weighted by molar-refractivity contribution is 5.55. The number of imidazole rings is 1. The van der Waals surface area contributed by atoms with E-state index in [-0.39, 0.29) is 0 Å². The molecule has 0 amide bonds. The van der Waals surface area contributed by atoms with Crippen molar-refractivity contribution in [3.63, 3.8) is 0 Å². The summed E-state index contributed by atoms with van der Waals surface area (Å²) in [7, 11) is 0. The molecule has 5 heteroatoms. The molecule has 0 spiro atoms. The molecule has 0 fully saturated rings. The van der Waals surface area contributed by atoms with E-state index in [1.807, 2.05) is 6.07 Å². The molecule has 1 aromatic carbocycles. The van der Waals surface area contributed by atoms with E-state index in [1.54, 1.807) is 0 Å². The summed E-state index contributed by atoms with van der Waals surface area (Å²) in [5.74, 6) is 0.985. The SMILES string of the molecule is CCn1nc(C)c(CN2CCc3nc(-c4ccccc4)[nH]c3C2)c1C. The Hall–Kier alpha value is -2.40. The molecule has 2 aromatic heterocycles. The standard InChI is InChI=1S/C20H25N5/c1-4-25-15(3)17(14(2)23-25)12-24-11-10-18-19(13-24)22-20(21-18)16-8-6-5-7-9-16/h5-9H,4,10-13H2,1-3H3,(H,21,22). The van der Waals surface area contributed by atoms with Crippen molar-refractivity contribution in [3.05, 3.63) is 58.7 Å². The van der Waals surface area contributed by atoms with Gasteiger partial charge in [0.1, 0.15) is 5.82 Å². The van der Waals surface area contributed by atoms with Crippen molar-refractivity contribution in [3.8, 4) is 11.4 Å². The van der Waals surface area contributed by atoms with Crippen molar-refractivity contribution in [2.75, 3.05) is 6.54 Å². The first kappa shape index (κ1) is 16.1. The fourth-order valence-electron chi connectivity index (χ4n) is 3.71. The van der Waals surface area contributed by atoms with Gasteiger partial charge in [0, 0.05) is 49.4 Å². The van der Waals surface area contributed by atoms with Crippen LogP contribution in [-0.2, 0) is 26.1 Å². The number of H-pyrrole nitrogens is 1. The molecule has 4 rings (SSSR count). The van der Waals surface area contributed by atoms with Crippen LogP contribution in [0.3, 0.4) is 0 Å². The van der Waals surface area contributed by atoms with Crippen molar-refractivity contribution < 1.29 is 0 Å². The smallest absolute Gasteiger partial charge is 0.137 e. The van der Waals surface area contributed by atoms with Crippen LogP contribution >= 0.6 is 0 Å². The third-order valence-corrected chi connectivity index (χ3v) is 5.17. The maximum Gasteiger partial charge on any atom is 0.137 e. The van der Waals surface area contributed by atoms with Gasteiger partial charge in [0.05, 0.1) is 17.1 Å². The molecule has 1 aliphatic heterocycles. The van der Waals surface area contributed by atoms with Crippen LogP contribution in [0.1, 0.15) is 35.3 Å². The van der Waals surface area contributed by atoms with Crippen LogP contribution in [-0.4, -0.2) is 31.2 Å². The van der Waals surface area contributed by atoms with Gasteiger partial charge in [0.2, 0.25) is 0 Å². The quantitative estimate of drug-likeness (QED) is 0.794. The molecule has 0 bridgehead atoms. The molecular weight excluding hydrogens is 310 g/mol. The Balaban J connectivity index is 1.54. The zero-order valence-corrected chi connectivity index (χ0v) is 15.2. The zero-order valence-electron chi connectivity index (χ0n) is 15.2. The summed E-state index contributed by atoms with van der Waals surface area (Å²) in [4.78, 5) is 10.8. The van der Waals surface area contributed by atoms with Crippen molar-refractivity contribution in [1.29, 1.82) is 0 Å². The molecule has 0 unspecified atom stereocenters. The van der Waals surface area contributed by atoms with E-state index in [9.17, 15) is 0 Å². The molecule has 3 aromatic rings. The first-order chi connectivity index (χ1) is 12.2. The Labute approximate surface area is 148 Å². The van der Waals surface area contributed by atoms with E-state index in [2.05, 4.69) is 64.7 Å². The molecule has 0 saturated carbocycles. The minimum atomic E-state index is 0.922. The molecule has 0 aliphatic carbocycles. The average molecular weight is 335 g/mol. The van der Waals surface area contributed by atoms with Crippen molar-refractivity contribution >= 4 is 0 Å². The van der Waals surface area contributed by atoms with Gasteiger partial charge in [-0.25, -0.2) is 4.98 Å². The summed E-state index contributed by atoms with van der Waals surface area (Å²) in [5, 5.41) is 4.65. The zero-order chi connectivity index (χ0) is 17.4. The highest BCUT2D eigenvalue weighted by atomic mass is 15.3. The number of rotatable bonds is 4. The minimum Gasteiger partial charge on any atom is -0.341 e. The number of hydrogen-bond donors (Lipinski definition) is 1. The summed E-state index contributed by atoms with van der Waals surface area (Å²) < 4.78 is 2.10. The van der Waals surface area contributed by atoms with Crippen LogP contribution in [0, 0.1) is 13.8 Å². The second-order valence-corrected chi connectivity index (χ2v) is 6.80. The second-order valence-electron chi connectivity index (χ2n) is 6.80. The minimum absolute atomic E-state index is 0.922. The normalized spacial score (nSPS) is 14.7. The third kappa shape index (κ3) is 3.00. The predicted molar refractivity (Wildman–Crippen MR) is 99.2 cm³/mol. The molecule has 130 valence electrons. The Morgan fingerprint density at radius 2 is 1.96 bits per heavy atom. The first-order valence-electron chi connectivity index (χ1n) is 9.04. The fourth-order valence-corrected chi connectivity index (χ4v) is 3.71. The largest absolute Gasteiger partial charge is 0.341 e. The lowest BCUT2D eigenvalue weighted by atomic mass is 10.1. The molecule has 0 saturated heterocycles. The van der Waals surface area contributed by atoms with Crippen LogP contribution in [0.25, 0.3) is 11.4 Å². The Bertz CT molecular complexity index is 875. The van der Waals surface area contributed by atoms with E-state index < -0.39 is 0 Å². The lowest BCUT2D eigenvalue weighted by Gasteiger charge is -2.26.